The fourth-order valence-corrected chi connectivity index (χ4v) is 1.01. The van der Waals surface area contributed by atoms with Gasteiger partial charge in [-0.05, 0) is 6.92 Å². The number of methoxy groups -OCH3 is 1. The Hall–Kier alpha value is -2.05. The van der Waals surface area contributed by atoms with Crippen molar-refractivity contribution in [1.29, 1.82) is 0 Å². The fraction of sp³-hybridized carbons (Fsp3) is 0.444. The lowest BCUT2D eigenvalue weighted by Gasteiger charge is -2.07. The number of aromatic nitrogens is 2. The third kappa shape index (κ3) is 3.60. The van der Waals surface area contributed by atoms with Crippen molar-refractivity contribution in [2.75, 3.05) is 31.3 Å². The average molecular weight is 226 g/mol. The molecule has 0 aromatic carbocycles. The maximum absolute atomic E-state index is 11.1. The van der Waals surface area contributed by atoms with Crippen molar-refractivity contribution in [2.45, 2.75) is 6.92 Å². The number of ether oxygens (including phenoxy) is 2. The monoisotopic (exact) mass is 226 g/mol. The molecule has 1 heterocycles. The van der Waals surface area contributed by atoms with E-state index in [2.05, 4.69) is 15.3 Å². The topological polar surface area (TPSA) is 99.4 Å². The summed E-state index contributed by atoms with van der Waals surface area (Å²) in [7, 11) is 1.47. The predicted octanol–water partition coefficient (Wildman–Crippen LogP) is 0.0424. The van der Waals surface area contributed by atoms with Gasteiger partial charge >= 0.3 is 5.97 Å². The molecule has 0 atom stereocenters. The number of hydrogen-bond donors (Lipinski definition) is 2. The minimum Gasteiger partial charge on any atom is -0.481 e. The average Bonchev–Trinajstić information content (AvgIpc) is 2.26. The van der Waals surface area contributed by atoms with Gasteiger partial charge in [-0.2, -0.15) is 9.97 Å². The molecule has 1 rings (SSSR count). The van der Waals surface area contributed by atoms with E-state index in [4.69, 9.17) is 15.2 Å². The number of carbonyl (C=O) groups excluding carboxylic acids is 1. The Bertz CT molecular complexity index is 370. The second kappa shape index (κ2) is 5.74. The third-order valence-corrected chi connectivity index (χ3v) is 1.65. The first-order chi connectivity index (χ1) is 7.65. The maximum Gasteiger partial charge on any atom is 0.325 e. The number of nitrogen functional groups attached to an aromatic ring is 1. The first kappa shape index (κ1) is 12.0. The van der Waals surface area contributed by atoms with Crippen LogP contribution in [0.1, 0.15) is 6.92 Å². The van der Waals surface area contributed by atoms with Gasteiger partial charge in [0, 0.05) is 6.07 Å². The number of carbonyl (C=O) groups is 1. The molecule has 0 aliphatic carbocycles. The zero-order valence-electron chi connectivity index (χ0n) is 9.19. The number of nitrogens with zero attached hydrogens (tertiary/aromatic N) is 2. The van der Waals surface area contributed by atoms with Crippen LogP contribution in [-0.4, -0.2) is 36.2 Å². The van der Waals surface area contributed by atoms with Crippen molar-refractivity contribution in [3.63, 3.8) is 0 Å². The second-order valence-corrected chi connectivity index (χ2v) is 2.81. The van der Waals surface area contributed by atoms with Gasteiger partial charge in [-0.25, -0.2) is 0 Å². The summed E-state index contributed by atoms with van der Waals surface area (Å²) in [5, 5.41) is 2.76. The summed E-state index contributed by atoms with van der Waals surface area (Å²) in [5.41, 5.74) is 5.44. The number of esters is 1. The Morgan fingerprint density at radius 2 is 2.31 bits per heavy atom. The molecular formula is C9H14N4O3. The summed E-state index contributed by atoms with van der Waals surface area (Å²) in [6.45, 7) is 2.10. The molecule has 1 aromatic rings. The molecule has 0 aliphatic rings. The van der Waals surface area contributed by atoms with Gasteiger partial charge in [0.05, 0.1) is 13.7 Å². The van der Waals surface area contributed by atoms with Crippen LogP contribution in [0.5, 0.6) is 5.88 Å². The summed E-state index contributed by atoms with van der Waals surface area (Å²) < 4.78 is 9.65. The highest BCUT2D eigenvalue weighted by Gasteiger charge is 2.05. The molecule has 3 N–H and O–H groups in total. The van der Waals surface area contributed by atoms with E-state index in [-0.39, 0.29) is 18.5 Å². The van der Waals surface area contributed by atoms with Crippen molar-refractivity contribution in [3.05, 3.63) is 6.07 Å². The van der Waals surface area contributed by atoms with E-state index in [0.717, 1.165) is 0 Å². The van der Waals surface area contributed by atoms with Crippen LogP contribution in [0.3, 0.4) is 0 Å². The Balaban J connectivity index is 2.59. The van der Waals surface area contributed by atoms with Gasteiger partial charge in [-0.3, -0.25) is 4.79 Å². The van der Waals surface area contributed by atoms with Crippen molar-refractivity contribution in [3.8, 4) is 5.88 Å². The van der Waals surface area contributed by atoms with Crippen LogP contribution in [0.15, 0.2) is 6.07 Å². The lowest BCUT2D eigenvalue weighted by Crippen LogP contribution is -2.17. The van der Waals surface area contributed by atoms with E-state index in [1.807, 2.05) is 0 Å². The van der Waals surface area contributed by atoms with Crippen LogP contribution in [0.25, 0.3) is 0 Å². The third-order valence-electron chi connectivity index (χ3n) is 1.65. The molecule has 1 aromatic heterocycles. The van der Waals surface area contributed by atoms with Crippen LogP contribution in [-0.2, 0) is 9.53 Å². The van der Waals surface area contributed by atoms with Gasteiger partial charge in [-0.15, -0.1) is 0 Å². The van der Waals surface area contributed by atoms with Crippen molar-refractivity contribution in [2.24, 2.45) is 0 Å². The molecule has 0 spiro atoms. The molecule has 7 nitrogen and oxygen atoms in total. The molecule has 16 heavy (non-hydrogen) atoms. The van der Waals surface area contributed by atoms with Crippen LogP contribution >= 0.6 is 0 Å². The van der Waals surface area contributed by atoms with Gasteiger partial charge in [-0.1, -0.05) is 0 Å². The molecule has 88 valence electrons. The molecule has 0 amide bonds. The molecule has 0 unspecified atom stereocenters. The van der Waals surface area contributed by atoms with E-state index in [1.165, 1.54) is 13.2 Å². The fourth-order valence-electron chi connectivity index (χ4n) is 1.01. The molecule has 0 bridgehead atoms. The van der Waals surface area contributed by atoms with E-state index in [0.29, 0.717) is 18.3 Å². The van der Waals surface area contributed by atoms with E-state index < -0.39 is 0 Å². The number of hydrogen-bond acceptors (Lipinski definition) is 7. The highest BCUT2D eigenvalue weighted by atomic mass is 16.5. The lowest BCUT2D eigenvalue weighted by atomic mass is 10.5. The Kier molecular flexibility index (Phi) is 4.31. The number of anilines is 2. The normalized spacial score (nSPS) is 9.62. The first-order valence-corrected chi connectivity index (χ1v) is 4.73. The largest absolute Gasteiger partial charge is 0.481 e. The quantitative estimate of drug-likeness (QED) is 0.684. The standard InChI is InChI=1S/C9H14N4O3/c1-3-16-8(14)5-11-6-4-7(15-2)13-9(10)12-6/h4H,3,5H2,1-2H3,(H3,10,11,12,13). The van der Waals surface area contributed by atoms with Crippen LogP contribution < -0.4 is 15.8 Å². The maximum atomic E-state index is 11.1. The molecule has 0 aliphatic heterocycles. The molecule has 0 radical (unpaired) electrons. The van der Waals surface area contributed by atoms with Gasteiger partial charge in [0.15, 0.2) is 0 Å². The van der Waals surface area contributed by atoms with Crippen LogP contribution in [0, 0.1) is 0 Å². The highest BCUT2D eigenvalue weighted by Crippen LogP contribution is 2.13. The summed E-state index contributed by atoms with van der Waals surface area (Å²) in [5.74, 6) is 0.459. The first-order valence-electron chi connectivity index (χ1n) is 4.73. The number of nitrogens with two attached hydrogens (primary N) is 1. The molecule has 0 fully saturated rings. The Morgan fingerprint density at radius 3 is 2.94 bits per heavy atom. The zero-order chi connectivity index (χ0) is 12.0. The predicted molar refractivity (Wildman–Crippen MR) is 58.1 cm³/mol. The molecule has 0 saturated heterocycles. The molecule has 0 saturated carbocycles. The molecular weight excluding hydrogens is 212 g/mol. The minimum absolute atomic E-state index is 0.0213. The summed E-state index contributed by atoms with van der Waals surface area (Å²) in [6, 6.07) is 1.54. The lowest BCUT2D eigenvalue weighted by molar-refractivity contribution is -0.140. The summed E-state index contributed by atoms with van der Waals surface area (Å²) in [4.78, 5) is 18.8. The Morgan fingerprint density at radius 1 is 1.56 bits per heavy atom. The van der Waals surface area contributed by atoms with E-state index in [1.54, 1.807) is 6.92 Å². The number of rotatable bonds is 5. The number of nitrogens with one attached hydrogen (secondary N) is 1. The Labute approximate surface area is 93.0 Å². The van der Waals surface area contributed by atoms with Crippen molar-refractivity contribution >= 4 is 17.7 Å². The van der Waals surface area contributed by atoms with Crippen molar-refractivity contribution in [1.82, 2.24) is 9.97 Å². The summed E-state index contributed by atoms with van der Waals surface area (Å²) >= 11 is 0. The van der Waals surface area contributed by atoms with E-state index >= 15 is 0 Å². The summed E-state index contributed by atoms with van der Waals surface area (Å²) in [6.07, 6.45) is 0. The van der Waals surface area contributed by atoms with Crippen LogP contribution in [0.4, 0.5) is 11.8 Å². The van der Waals surface area contributed by atoms with Gasteiger partial charge < -0.3 is 20.5 Å². The van der Waals surface area contributed by atoms with Gasteiger partial charge in [0.2, 0.25) is 11.8 Å². The minimum atomic E-state index is -0.362. The SMILES string of the molecule is CCOC(=O)CNc1cc(OC)nc(N)n1. The van der Waals surface area contributed by atoms with Gasteiger partial charge in [0.25, 0.3) is 0 Å². The highest BCUT2D eigenvalue weighted by molar-refractivity contribution is 5.74. The van der Waals surface area contributed by atoms with Crippen LogP contribution in [0.2, 0.25) is 0 Å². The molecule has 7 heteroatoms. The smallest absolute Gasteiger partial charge is 0.325 e. The van der Waals surface area contributed by atoms with E-state index in [9.17, 15) is 4.79 Å². The zero-order valence-corrected chi connectivity index (χ0v) is 9.19. The van der Waals surface area contributed by atoms with Crippen molar-refractivity contribution < 1.29 is 14.3 Å². The second-order valence-electron chi connectivity index (χ2n) is 2.81. The van der Waals surface area contributed by atoms with Gasteiger partial charge in [0.1, 0.15) is 12.4 Å².